The first-order valence-corrected chi connectivity index (χ1v) is 10.6. The minimum atomic E-state index is -3.49. The molecule has 0 amide bonds. The highest BCUT2D eigenvalue weighted by atomic mass is 28.4. The Morgan fingerprint density at radius 2 is 0.929 bits per heavy atom. The highest BCUT2D eigenvalue weighted by molar-refractivity contribution is 6.70. The molecule has 0 aromatic heterocycles. The Hall–Kier alpha value is -3.26. The summed E-state index contributed by atoms with van der Waals surface area (Å²) in [6.07, 6.45) is 20.8. The molecule has 28 heavy (non-hydrogen) atoms. The van der Waals surface area contributed by atoms with Crippen molar-refractivity contribution in [2.24, 2.45) is 0 Å². The molecule has 4 heterocycles. The van der Waals surface area contributed by atoms with E-state index in [1.165, 1.54) is 0 Å². The lowest BCUT2D eigenvalue weighted by Gasteiger charge is -2.33. The van der Waals surface area contributed by atoms with Gasteiger partial charge in [0.15, 0.2) is 0 Å². The summed E-state index contributed by atoms with van der Waals surface area (Å²) in [5.74, 6) is 1.85. The molecule has 4 aliphatic heterocycles. The van der Waals surface area contributed by atoms with Crippen LogP contribution in [0.2, 0.25) is 0 Å². The van der Waals surface area contributed by atoms with Crippen molar-refractivity contribution in [3.63, 3.8) is 0 Å². The van der Waals surface area contributed by atoms with Crippen molar-refractivity contribution in [2.75, 3.05) is 26.4 Å². The predicted molar refractivity (Wildman–Crippen MR) is 102 cm³/mol. The third kappa shape index (κ3) is 4.34. The zero-order chi connectivity index (χ0) is 19.1. The second-order valence-electron chi connectivity index (χ2n) is 5.89. The molecule has 0 aromatic carbocycles. The zero-order valence-corrected chi connectivity index (χ0v) is 16.1. The van der Waals surface area contributed by atoms with Crippen LogP contribution in [0.4, 0.5) is 0 Å². The summed E-state index contributed by atoms with van der Waals surface area (Å²) in [6.45, 7) is 1.66. The molecule has 0 spiro atoms. The average Bonchev–Trinajstić information content (AvgIpc) is 2.76. The molecule has 4 aliphatic rings. The van der Waals surface area contributed by atoms with Crippen molar-refractivity contribution in [1.29, 1.82) is 0 Å². The van der Waals surface area contributed by atoms with Gasteiger partial charge >= 0.3 is 8.80 Å². The molecule has 8 heteroatoms. The third-order valence-electron chi connectivity index (χ3n) is 3.98. The van der Waals surface area contributed by atoms with Crippen LogP contribution in [0, 0.1) is 0 Å². The smallest absolute Gasteiger partial charge is 0.497 e. The predicted octanol–water partition coefficient (Wildman–Crippen LogP) is 3.27. The van der Waals surface area contributed by atoms with Gasteiger partial charge in [0.25, 0.3) is 0 Å². The lowest BCUT2D eigenvalue weighted by Crippen LogP contribution is -2.47. The minimum Gasteiger partial charge on any atom is -0.497 e. The topological polar surface area (TPSA) is 64.6 Å². The van der Waals surface area contributed by atoms with Crippen LogP contribution in [0.5, 0.6) is 0 Å². The van der Waals surface area contributed by atoms with Crippen LogP contribution < -0.4 is 0 Å². The van der Waals surface area contributed by atoms with Crippen LogP contribution >= 0.6 is 0 Å². The van der Waals surface area contributed by atoms with E-state index in [9.17, 15) is 0 Å². The van der Waals surface area contributed by atoms with E-state index < -0.39 is 8.80 Å². The van der Waals surface area contributed by atoms with Gasteiger partial charge in [-0.15, -0.1) is 0 Å². The molecule has 0 saturated carbocycles. The molecule has 0 aliphatic carbocycles. The van der Waals surface area contributed by atoms with Crippen LogP contribution in [-0.4, -0.2) is 35.2 Å². The van der Waals surface area contributed by atoms with Gasteiger partial charge in [-0.1, -0.05) is 0 Å². The zero-order valence-electron chi connectivity index (χ0n) is 15.1. The molecule has 0 saturated heterocycles. The van der Waals surface area contributed by atoms with Crippen LogP contribution in [0.1, 0.15) is 0 Å². The fraction of sp³-hybridized carbons (Fsp3) is 0.200. The lowest BCUT2D eigenvalue weighted by molar-refractivity contribution is 0.152. The molecular weight excluding hydrogens is 380 g/mol. The number of rotatable bonds is 7. The number of hydrogen-bond donors (Lipinski definition) is 0. The number of ether oxygens (including phenoxy) is 4. The summed E-state index contributed by atoms with van der Waals surface area (Å²) in [6, 6.07) is 0. The minimum absolute atomic E-state index is 0.407. The van der Waals surface area contributed by atoms with Crippen LogP contribution in [0.15, 0.2) is 96.1 Å². The fourth-order valence-corrected chi connectivity index (χ4v) is 5.12. The molecule has 4 rings (SSSR count). The van der Waals surface area contributed by atoms with Gasteiger partial charge in [-0.25, -0.2) is 0 Å². The Balaban J connectivity index is 1.72. The summed E-state index contributed by atoms with van der Waals surface area (Å²) >= 11 is 0. The Kier molecular flexibility index (Phi) is 5.58. The molecule has 146 valence electrons. The SMILES string of the molecule is C1=CC(O[Si](OC2=CCOC=C2)(OC2=CCOC=C2)C2=CCOC=C2)=CCO1. The van der Waals surface area contributed by atoms with Crippen molar-refractivity contribution >= 4 is 8.80 Å². The second-order valence-corrected chi connectivity index (χ2v) is 8.19. The maximum absolute atomic E-state index is 6.41. The quantitative estimate of drug-likeness (QED) is 0.608. The second kappa shape index (κ2) is 8.62. The van der Waals surface area contributed by atoms with Gasteiger partial charge in [0.2, 0.25) is 0 Å². The van der Waals surface area contributed by atoms with Crippen molar-refractivity contribution in [2.45, 2.75) is 0 Å². The summed E-state index contributed by atoms with van der Waals surface area (Å²) in [7, 11) is -3.49. The van der Waals surface area contributed by atoms with Gasteiger partial charge < -0.3 is 32.2 Å². The first kappa shape index (κ1) is 18.1. The number of allylic oxidation sites excluding steroid dienone is 5. The Morgan fingerprint density at radius 3 is 1.25 bits per heavy atom. The Bertz CT molecular complexity index is 746. The molecule has 0 bridgehead atoms. The fourth-order valence-electron chi connectivity index (χ4n) is 2.65. The van der Waals surface area contributed by atoms with Crippen LogP contribution in [-0.2, 0) is 32.2 Å². The highest BCUT2D eigenvalue weighted by Crippen LogP contribution is 2.32. The molecule has 0 radical (unpaired) electrons. The molecule has 0 N–H and O–H groups in total. The van der Waals surface area contributed by atoms with Crippen LogP contribution in [0.25, 0.3) is 0 Å². The van der Waals surface area contributed by atoms with E-state index in [0.717, 1.165) is 5.20 Å². The summed E-state index contributed by atoms with van der Waals surface area (Å²) in [5, 5.41) is 0.793. The van der Waals surface area contributed by atoms with Gasteiger partial charge in [0, 0.05) is 18.2 Å². The van der Waals surface area contributed by atoms with E-state index >= 15 is 0 Å². The van der Waals surface area contributed by atoms with Gasteiger partial charge in [-0.3, -0.25) is 0 Å². The summed E-state index contributed by atoms with van der Waals surface area (Å²) < 4.78 is 40.2. The van der Waals surface area contributed by atoms with E-state index in [2.05, 4.69) is 0 Å². The molecule has 0 fully saturated rings. The maximum Gasteiger partial charge on any atom is 0.736 e. The Morgan fingerprint density at radius 1 is 0.536 bits per heavy atom. The number of hydrogen-bond acceptors (Lipinski definition) is 7. The summed E-state index contributed by atoms with van der Waals surface area (Å²) in [4.78, 5) is 0. The van der Waals surface area contributed by atoms with Crippen molar-refractivity contribution < 1.29 is 32.2 Å². The lowest BCUT2D eigenvalue weighted by atomic mass is 10.4. The maximum atomic E-state index is 6.41. The molecule has 0 aromatic rings. The first-order chi connectivity index (χ1) is 13.8. The van der Waals surface area contributed by atoms with Crippen molar-refractivity contribution in [3.05, 3.63) is 96.1 Å². The average molecular weight is 400 g/mol. The standard InChI is InChI=1S/C20H20O7Si/c1-9-21-10-2-17(1)25-28(20-7-15-24-16-8-20,26-18-3-11-22-12-4-18)27-19-5-13-23-14-6-19/h1-9,11,13,15H,10,12,14,16H2. The van der Waals surface area contributed by atoms with Crippen LogP contribution in [0.3, 0.4) is 0 Å². The van der Waals surface area contributed by atoms with Gasteiger partial charge in [0.05, 0.1) is 30.2 Å². The van der Waals surface area contributed by atoms with E-state index in [0.29, 0.717) is 43.7 Å². The van der Waals surface area contributed by atoms with E-state index in [4.69, 9.17) is 32.2 Å². The van der Waals surface area contributed by atoms with Crippen molar-refractivity contribution in [3.8, 4) is 0 Å². The van der Waals surface area contributed by atoms with E-state index in [-0.39, 0.29) is 0 Å². The molecule has 0 unspecified atom stereocenters. The van der Waals surface area contributed by atoms with Gasteiger partial charge in [0.1, 0.15) is 43.7 Å². The monoisotopic (exact) mass is 400 g/mol. The first-order valence-electron chi connectivity index (χ1n) is 8.85. The molecular formula is C20H20O7Si. The van der Waals surface area contributed by atoms with Gasteiger partial charge in [-0.05, 0) is 30.4 Å². The largest absolute Gasteiger partial charge is 0.736 e. The molecule has 7 nitrogen and oxygen atoms in total. The van der Waals surface area contributed by atoms with E-state index in [1.54, 1.807) is 43.3 Å². The third-order valence-corrected chi connectivity index (χ3v) is 6.57. The normalized spacial score (nSPS) is 20.3. The van der Waals surface area contributed by atoms with Crippen molar-refractivity contribution in [1.82, 2.24) is 0 Å². The molecule has 0 atom stereocenters. The Labute approximate surface area is 164 Å². The van der Waals surface area contributed by atoms with Gasteiger partial charge in [-0.2, -0.15) is 0 Å². The highest BCUT2D eigenvalue weighted by Gasteiger charge is 2.54. The van der Waals surface area contributed by atoms with E-state index in [1.807, 2.05) is 30.4 Å². The summed E-state index contributed by atoms with van der Waals surface area (Å²) in [5.41, 5.74) is 0.